The van der Waals surface area contributed by atoms with Gasteiger partial charge in [-0.25, -0.2) is 4.98 Å². The minimum absolute atomic E-state index is 0.187. The van der Waals surface area contributed by atoms with Crippen LogP contribution in [0.15, 0.2) is 28.9 Å². The third kappa shape index (κ3) is 2.87. The Kier molecular flexibility index (Phi) is 3.49. The van der Waals surface area contributed by atoms with E-state index in [-0.39, 0.29) is 5.95 Å². The van der Waals surface area contributed by atoms with Crippen LogP contribution < -0.4 is 11.1 Å². The van der Waals surface area contributed by atoms with Crippen molar-refractivity contribution in [2.75, 3.05) is 11.1 Å². The average Bonchev–Trinajstić information content (AvgIpc) is 2.27. The maximum atomic E-state index is 5.98. The summed E-state index contributed by atoms with van der Waals surface area (Å²) in [6.07, 6.45) is 1.47. The van der Waals surface area contributed by atoms with Crippen molar-refractivity contribution in [1.82, 2.24) is 9.97 Å². The summed E-state index contributed by atoms with van der Waals surface area (Å²) in [5.41, 5.74) is 7.52. The van der Waals surface area contributed by atoms with Crippen molar-refractivity contribution in [3.8, 4) is 0 Å². The average molecular weight is 314 g/mol. The van der Waals surface area contributed by atoms with Gasteiger partial charge >= 0.3 is 0 Å². The van der Waals surface area contributed by atoms with Crippen LogP contribution in [0.25, 0.3) is 0 Å². The molecule has 1 aromatic carbocycles. The van der Waals surface area contributed by atoms with Crippen LogP contribution in [0.3, 0.4) is 0 Å². The summed E-state index contributed by atoms with van der Waals surface area (Å²) in [6.45, 7) is 1.99. The van der Waals surface area contributed by atoms with Gasteiger partial charge in [-0.15, -0.1) is 0 Å². The number of nitrogen functional groups attached to an aromatic ring is 1. The maximum Gasteiger partial charge on any atom is 0.222 e. The van der Waals surface area contributed by atoms with Crippen molar-refractivity contribution < 1.29 is 0 Å². The lowest BCUT2D eigenvalue weighted by molar-refractivity contribution is 1.18. The van der Waals surface area contributed by atoms with Crippen LogP contribution in [0.4, 0.5) is 17.5 Å². The molecule has 2 aromatic rings. The van der Waals surface area contributed by atoms with E-state index in [2.05, 4.69) is 31.2 Å². The molecular formula is C11H10BrClN4. The first kappa shape index (κ1) is 12.1. The molecule has 2 rings (SSSR count). The van der Waals surface area contributed by atoms with E-state index in [0.717, 1.165) is 15.7 Å². The summed E-state index contributed by atoms with van der Waals surface area (Å²) in [5.74, 6) is 0.691. The second-order valence-corrected chi connectivity index (χ2v) is 4.83. The largest absolute Gasteiger partial charge is 0.368 e. The topological polar surface area (TPSA) is 63.8 Å². The molecule has 0 atom stereocenters. The number of hydrogen-bond donors (Lipinski definition) is 2. The molecule has 3 N–H and O–H groups in total. The Labute approximate surface area is 112 Å². The van der Waals surface area contributed by atoms with Gasteiger partial charge in [0, 0.05) is 10.2 Å². The van der Waals surface area contributed by atoms with E-state index < -0.39 is 0 Å². The molecule has 1 aromatic heterocycles. The zero-order chi connectivity index (χ0) is 12.4. The quantitative estimate of drug-likeness (QED) is 0.890. The first-order valence-corrected chi connectivity index (χ1v) is 6.04. The standard InChI is InChI=1S/C11H10BrClN4/c1-6-4-7(12)2-3-9(6)16-10-8(13)5-15-11(14)17-10/h2-5H,1H3,(H3,14,15,16,17). The van der Waals surface area contributed by atoms with Crippen molar-refractivity contribution in [1.29, 1.82) is 0 Å². The maximum absolute atomic E-state index is 5.98. The van der Waals surface area contributed by atoms with Crippen molar-refractivity contribution in [3.05, 3.63) is 39.5 Å². The number of hydrogen-bond acceptors (Lipinski definition) is 4. The number of rotatable bonds is 2. The molecule has 0 bridgehead atoms. The predicted octanol–water partition coefficient (Wildman–Crippen LogP) is 3.53. The molecule has 0 amide bonds. The molecular weight excluding hydrogens is 304 g/mol. The molecule has 17 heavy (non-hydrogen) atoms. The van der Waals surface area contributed by atoms with Crippen LogP contribution in [-0.2, 0) is 0 Å². The molecule has 0 radical (unpaired) electrons. The Morgan fingerprint density at radius 1 is 1.41 bits per heavy atom. The number of nitrogens with two attached hydrogens (primary N) is 1. The van der Waals surface area contributed by atoms with Crippen molar-refractivity contribution in [3.63, 3.8) is 0 Å². The van der Waals surface area contributed by atoms with Crippen LogP contribution >= 0.6 is 27.5 Å². The molecule has 0 saturated heterocycles. The third-order valence-electron chi connectivity index (χ3n) is 2.20. The van der Waals surface area contributed by atoms with Gasteiger partial charge in [0.25, 0.3) is 0 Å². The number of nitrogens with one attached hydrogen (secondary N) is 1. The number of aromatic nitrogens is 2. The second kappa shape index (κ2) is 4.89. The third-order valence-corrected chi connectivity index (χ3v) is 2.97. The first-order chi connectivity index (χ1) is 8.06. The fraction of sp³-hybridized carbons (Fsp3) is 0.0909. The highest BCUT2D eigenvalue weighted by Gasteiger charge is 2.06. The predicted molar refractivity (Wildman–Crippen MR) is 73.6 cm³/mol. The summed E-state index contributed by atoms with van der Waals surface area (Å²) in [5, 5.41) is 3.56. The van der Waals surface area contributed by atoms with Crippen molar-refractivity contribution >= 4 is 45.0 Å². The van der Waals surface area contributed by atoms with Gasteiger partial charge in [-0.1, -0.05) is 27.5 Å². The molecule has 0 fully saturated rings. The Hall–Kier alpha value is -1.33. The number of halogens is 2. The van der Waals surface area contributed by atoms with E-state index in [9.17, 15) is 0 Å². The molecule has 0 aliphatic carbocycles. The van der Waals surface area contributed by atoms with Gasteiger partial charge in [0.15, 0.2) is 5.82 Å². The normalized spacial score (nSPS) is 10.3. The van der Waals surface area contributed by atoms with E-state index in [1.54, 1.807) is 0 Å². The lowest BCUT2D eigenvalue weighted by Crippen LogP contribution is -2.01. The smallest absolute Gasteiger partial charge is 0.222 e. The Morgan fingerprint density at radius 2 is 2.18 bits per heavy atom. The SMILES string of the molecule is Cc1cc(Br)ccc1Nc1nc(N)ncc1Cl. The molecule has 1 heterocycles. The van der Waals surface area contributed by atoms with Gasteiger partial charge in [-0.2, -0.15) is 4.98 Å². The summed E-state index contributed by atoms with van der Waals surface area (Å²) < 4.78 is 1.02. The van der Waals surface area contributed by atoms with E-state index in [0.29, 0.717) is 10.8 Å². The Bertz CT molecular complexity index is 559. The highest BCUT2D eigenvalue weighted by atomic mass is 79.9. The summed E-state index contributed by atoms with van der Waals surface area (Å²) in [6, 6.07) is 5.88. The molecule has 0 aliphatic rings. The molecule has 0 spiro atoms. The van der Waals surface area contributed by atoms with Crippen LogP contribution in [0.1, 0.15) is 5.56 Å². The lowest BCUT2D eigenvalue weighted by Gasteiger charge is -2.10. The first-order valence-electron chi connectivity index (χ1n) is 4.87. The molecule has 6 heteroatoms. The van der Waals surface area contributed by atoms with Gasteiger partial charge in [0.05, 0.1) is 6.20 Å². The number of anilines is 3. The number of aryl methyl sites for hydroxylation is 1. The second-order valence-electron chi connectivity index (χ2n) is 3.51. The van der Waals surface area contributed by atoms with Crippen molar-refractivity contribution in [2.24, 2.45) is 0 Å². The molecule has 4 nitrogen and oxygen atoms in total. The van der Waals surface area contributed by atoms with Gasteiger partial charge in [-0.3, -0.25) is 0 Å². The fourth-order valence-electron chi connectivity index (χ4n) is 1.36. The lowest BCUT2D eigenvalue weighted by atomic mass is 10.2. The highest BCUT2D eigenvalue weighted by Crippen LogP contribution is 2.26. The van der Waals surface area contributed by atoms with E-state index in [1.165, 1.54) is 6.20 Å². The van der Waals surface area contributed by atoms with Crippen LogP contribution in [0.2, 0.25) is 5.02 Å². The minimum Gasteiger partial charge on any atom is -0.368 e. The van der Waals surface area contributed by atoms with E-state index >= 15 is 0 Å². The minimum atomic E-state index is 0.187. The fourth-order valence-corrected chi connectivity index (χ4v) is 1.98. The van der Waals surface area contributed by atoms with Crippen LogP contribution in [-0.4, -0.2) is 9.97 Å². The van der Waals surface area contributed by atoms with E-state index in [1.807, 2.05) is 25.1 Å². The molecule has 88 valence electrons. The molecule has 0 saturated carbocycles. The van der Waals surface area contributed by atoms with Crippen LogP contribution in [0.5, 0.6) is 0 Å². The summed E-state index contributed by atoms with van der Waals surface area (Å²) in [7, 11) is 0. The molecule has 0 unspecified atom stereocenters. The highest BCUT2D eigenvalue weighted by molar-refractivity contribution is 9.10. The van der Waals surface area contributed by atoms with Gasteiger partial charge in [-0.05, 0) is 30.7 Å². The van der Waals surface area contributed by atoms with Gasteiger partial charge in [0.1, 0.15) is 5.02 Å². The van der Waals surface area contributed by atoms with E-state index in [4.69, 9.17) is 17.3 Å². The number of nitrogens with zero attached hydrogens (tertiary/aromatic N) is 2. The summed E-state index contributed by atoms with van der Waals surface area (Å²) >= 11 is 9.39. The van der Waals surface area contributed by atoms with Crippen molar-refractivity contribution in [2.45, 2.75) is 6.92 Å². The van der Waals surface area contributed by atoms with Crippen LogP contribution in [0, 0.1) is 6.92 Å². The monoisotopic (exact) mass is 312 g/mol. The molecule has 0 aliphatic heterocycles. The zero-order valence-electron chi connectivity index (χ0n) is 9.04. The summed E-state index contributed by atoms with van der Waals surface area (Å²) in [4.78, 5) is 7.85. The Morgan fingerprint density at radius 3 is 2.88 bits per heavy atom. The number of benzene rings is 1. The van der Waals surface area contributed by atoms with Gasteiger partial charge < -0.3 is 11.1 Å². The van der Waals surface area contributed by atoms with Gasteiger partial charge in [0.2, 0.25) is 5.95 Å². The zero-order valence-corrected chi connectivity index (χ0v) is 11.4. The Balaban J connectivity index is 2.34.